The molecule has 4 heteroatoms. The third-order valence-electron chi connectivity index (χ3n) is 3.77. The third kappa shape index (κ3) is 3.67. The minimum Gasteiger partial charge on any atom is -0.426 e. The highest BCUT2D eigenvalue weighted by molar-refractivity contribution is 5.97. The maximum absolute atomic E-state index is 12.0. The first-order valence-electron chi connectivity index (χ1n) is 6.95. The van der Waals surface area contributed by atoms with Crippen molar-refractivity contribution in [3.63, 3.8) is 0 Å². The second-order valence-corrected chi connectivity index (χ2v) is 5.20. The van der Waals surface area contributed by atoms with E-state index in [1.54, 1.807) is 6.07 Å². The van der Waals surface area contributed by atoms with Gasteiger partial charge >= 0.3 is 5.97 Å². The lowest BCUT2D eigenvalue weighted by Crippen LogP contribution is -2.26. The van der Waals surface area contributed by atoms with E-state index in [0.29, 0.717) is 31.8 Å². The summed E-state index contributed by atoms with van der Waals surface area (Å²) in [5.74, 6) is -0.0384. The Kier molecular flexibility index (Phi) is 4.90. The molecule has 0 amide bonds. The topological polar surface area (TPSA) is 52.6 Å². The number of benzene rings is 1. The highest BCUT2D eigenvalue weighted by Gasteiger charge is 2.24. The predicted molar refractivity (Wildman–Crippen MR) is 74.7 cm³/mol. The van der Waals surface area contributed by atoms with Crippen LogP contribution in [0.3, 0.4) is 0 Å². The van der Waals surface area contributed by atoms with Crippen LogP contribution >= 0.6 is 0 Å². The smallest absolute Gasteiger partial charge is 0.318 e. The van der Waals surface area contributed by atoms with Gasteiger partial charge in [0.05, 0.1) is 0 Å². The minimum absolute atomic E-state index is 0.0383. The van der Waals surface area contributed by atoms with Crippen LogP contribution in [0.25, 0.3) is 0 Å². The number of hydrogen-bond donors (Lipinski definition) is 0. The summed E-state index contributed by atoms with van der Waals surface area (Å²) in [6, 6.07) is 5.55. The van der Waals surface area contributed by atoms with Crippen LogP contribution in [-0.4, -0.2) is 25.0 Å². The van der Waals surface area contributed by atoms with Crippen molar-refractivity contribution in [3.05, 3.63) is 29.3 Å². The standard InChI is InChI=1S/C16H20O4/c1-11-4-3-5-15(12(11)2)20-16(18)10-14(17)13-6-8-19-9-7-13/h3-5,13H,6-10H2,1-2H3. The van der Waals surface area contributed by atoms with Crippen LogP contribution in [0.1, 0.15) is 30.4 Å². The van der Waals surface area contributed by atoms with Crippen LogP contribution in [-0.2, 0) is 14.3 Å². The Hall–Kier alpha value is -1.68. The molecule has 0 aliphatic carbocycles. The lowest BCUT2D eigenvalue weighted by atomic mass is 9.94. The van der Waals surface area contributed by atoms with E-state index in [1.807, 2.05) is 26.0 Å². The van der Waals surface area contributed by atoms with Gasteiger partial charge in [0, 0.05) is 19.1 Å². The first kappa shape index (κ1) is 14.7. The van der Waals surface area contributed by atoms with Gasteiger partial charge in [-0.25, -0.2) is 0 Å². The second-order valence-electron chi connectivity index (χ2n) is 5.20. The normalized spacial score (nSPS) is 15.9. The van der Waals surface area contributed by atoms with Crippen LogP contribution in [0.5, 0.6) is 5.75 Å². The summed E-state index contributed by atoms with van der Waals surface area (Å²) in [6.07, 6.45) is 1.25. The zero-order chi connectivity index (χ0) is 14.5. The molecule has 0 saturated carbocycles. The summed E-state index contributed by atoms with van der Waals surface area (Å²) in [6.45, 7) is 5.06. The summed E-state index contributed by atoms with van der Waals surface area (Å²) in [5.41, 5.74) is 1.99. The Morgan fingerprint density at radius 2 is 1.95 bits per heavy atom. The molecular formula is C16H20O4. The van der Waals surface area contributed by atoms with Gasteiger partial charge in [-0.1, -0.05) is 12.1 Å². The first-order valence-corrected chi connectivity index (χ1v) is 6.95. The van der Waals surface area contributed by atoms with E-state index in [9.17, 15) is 9.59 Å². The fourth-order valence-electron chi connectivity index (χ4n) is 2.30. The average Bonchev–Trinajstić information content (AvgIpc) is 2.45. The molecule has 20 heavy (non-hydrogen) atoms. The van der Waals surface area contributed by atoms with Crippen molar-refractivity contribution in [1.82, 2.24) is 0 Å². The quantitative estimate of drug-likeness (QED) is 0.482. The average molecular weight is 276 g/mol. The van der Waals surface area contributed by atoms with Gasteiger partial charge < -0.3 is 9.47 Å². The van der Waals surface area contributed by atoms with Gasteiger partial charge in [-0.2, -0.15) is 0 Å². The minimum atomic E-state index is -0.477. The summed E-state index contributed by atoms with van der Waals surface area (Å²) in [5, 5.41) is 0. The Bertz CT molecular complexity index is 501. The molecular weight excluding hydrogens is 256 g/mol. The number of aryl methyl sites for hydroxylation is 1. The molecule has 1 aliphatic rings. The van der Waals surface area contributed by atoms with Crippen molar-refractivity contribution in [2.24, 2.45) is 5.92 Å². The van der Waals surface area contributed by atoms with Crippen molar-refractivity contribution in [2.45, 2.75) is 33.1 Å². The lowest BCUT2D eigenvalue weighted by Gasteiger charge is -2.20. The van der Waals surface area contributed by atoms with Crippen LogP contribution in [0, 0.1) is 19.8 Å². The summed E-state index contributed by atoms with van der Waals surface area (Å²) in [7, 11) is 0. The molecule has 0 N–H and O–H groups in total. The summed E-state index contributed by atoms with van der Waals surface area (Å²) < 4.78 is 10.5. The molecule has 1 aliphatic heterocycles. The van der Waals surface area contributed by atoms with Crippen molar-refractivity contribution in [1.29, 1.82) is 0 Å². The Morgan fingerprint density at radius 3 is 2.65 bits per heavy atom. The van der Waals surface area contributed by atoms with Crippen LogP contribution in [0.15, 0.2) is 18.2 Å². The zero-order valence-electron chi connectivity index (χ0n) is 12.0. The van der Waals surface area contributed by atoms with Gasteiger partial charge in [0.25, 0.3) is 0 Å². The molecule has 108 valence electrons. The largest absolute Gasteiger partial charge is 0.426 e. The molecule has 0 spiro atoms. The molecule has 2 rings (SSSR count). The summed E-state index contributed by atoms with van der Waals surface area (Å²) in [4.78, 5) is 23.8. The molecule has 0 bridgehead atoms. The van der Waals surface area contributed by atoms with Crippen molar-refractivity contribution >= 4 is 11.8 Å². The van der Waals surface area contributed by atoms with Gasteiger partial charge in [0.15, 0.2) is 0 Å². The molecule has 4 nitrogen and oxygen atoms in total. The zero-order valence-corrected chi connectivity index (χ0v) is 12.0. The SMILES string of the molecule is Cc1cccc(OC(=O)CC(=O)C2CCOCC2)c1C. The summed E-state index contributed by atoms with van der Waals surface area (Å²) >= 11 is 0. The van der Waals surface area contributed by atoms with E-state index < -0.39 is 5.97 Å². The monoisotopic (exact) mass is 276 g/mol. The van der Waals surface area contributed by atoms with Crippen molar-refractivity contribution in [2.75, 3.05) is 13.2 Å². The third-order valence-corrected chi connectivity index (χ3v) is 3.77. The highest BCUT2D eigenvalue weighted by Crippen LogP contribution is 2.22. The molecule has 1 fully saturated rings. The van der Waals surface area contributed by atoms with E-state index in [-0.39, 0.29) is 18.1 Å². The Labute approximate surface area is 119 Å². The van der Waals surface area contributed by atoms with Gasteiger partial charge in [-0.05, 0) is 43.9 Å². The number of carbonyl (C=O) groups is 2. The molecule has 0 radical (unpaired) electrons. The number of hydrogen-bond acceptors (Lipinski definition) is 4. The maximum atomic E-state index is 12.0. The van der Waals surface area contributed by atoms with Gasteiger partial charge in [-0.3, -0.25) is 9.59 Å². The van der Waals surface area contributed by atoms with Crippen LogP contribution in [0.2, 0.25) is 0 Å². The number of ketones is 1. The van der Waals surface area contributed by atoms with Gasteiger partial charge in [-0.15, -0.1) is 0 Å². The van der Waals surface area contributed by atoms with E-state index in [4.69, 9.17) is 9.47 Å². The lowest BCUT2D eigenvalue weighted by molar-refractivity contribution is -0.140. The van der Waals surface area contributed by atoms with Crippen molar-refractivity contribution < 1.29 is 19.1 Å². The fourth-order valence-corrected chi connectivity index (χ4v) is 2.30. The first-order chi connectivity index (χ1) is 9.58. The van der Waals surface area contributed by atoms with Crippen LogP contribution < -0.4 is 4.74 Å². The molecule has 0 unspecified atom stereocenters. The molecule has 1 saturated heterocycles. The number of esters is 1. The molecule has 1 aromatic carbocycles. The number of carbonyl (C=O) groups excluding carboxylic acids is 2. The van der Waals surface area contributed by atoms with E-state index in [2.05, 4.69) is 0 Å². The number of ether oxygens (including phenoxy) is 2. The van der Waals surface area contributed by atoms with E-state index in [0.717, 1.165) is 11.1 Å². The van der Waals surface area contributed by atoms with Gasteiger partial charge in [0.2, 0.25) is 0 Å². The Balaban J connectivity index is 1.91. The molecule has 0 aromatic heterocycles. The second kappa shape index (κ2) is 6.66. The van der Waals surface area contributed by atoms with Gasteiger partial charge in [0.1, 0.15) is 18.0 Å². The van der Waals surface area contributed by atoms with Crippen molar-refractivity contribution in [3.8, 4) is 5.75 Å². The predicted octanol–water partition coefficient (Wildman–Crippen LogP) is 2.59. The number of rotatable bonds is 4. The van der Waals surface area contributed by atoms with E-state index in [1.165, 1.54) is 0 Å². The van der Waals surface area contributed by atoms with Crippen LogP contribution in [0.4, 0.5) is 0 Å². The maximum Gasteiger partial charge on any atom is 0.318 e. The Morgan fingerprint density at radius 1 is 1.25 bits per heavy atom. The van der Waals surface area contributed by atoms with E-state index >= 15 is 0 Å². The highest BCUT2D eigenvalue weighted by atomic mass is 16.5. The fraction of sp³-hybridized carbons (Fsp3) is 0.500. The molecule has 1 heterocycles. The molecule has 0 atom stereocenters. The number of Topliss-reactive ketones (excluding diaryl/α,β-unsaturated/α-hetero) is 1. The molecule has 1 aromatic rings.